The van der Waals surface area contributed by atoms with Gasteiger partial charge in [0.2, 0.25) is 11.9 Å². The van der Waals surface area contributed by atoms with Crippen molar-refractivity contribution in [3.63, 3.8) is 0 Å². The fourth-order valence-electron chi connectivity index (χ4n) is 3.51. The van der Waals surface area contributed by atoms with Crippen LogP contribution >= 0.6 is 0 Å². The summed E-state index contributed by atoms with van der Waals surface area (Å²) < 4.78 is 12.3. The summed E-state index contributed by atoms with van der Waals surface area (Å²) in [5, 5.41) is 5.81. The summed E-state index contributed by atoms with van der Waals surface area (Å²) in [6, 6.07) is 14.5. The van der Waals surface area contributed by atoms with Crippen LogP contribution in [0.25, 0.3) is 16.9 Å². The zero-order chi connectivity index (χ0) is 26.5. The van der Waals surface area contributed by atoms with Crippen LogP contribution in [0.4, 0.5) is 10.7 Å². The second-order valence-corrected chi connectivity index (χ2v) is 9.70. The maximum absolute atomic E-state index is 13.1. The minimum Gasteiger partial charge on any atom is -0.497 e. The number of carbonyl (C=O) groups excluding carboxylic acids is 2. The number of urea groups is 1. The van der Waals surface area contributed by atoms with Crippen LogP contribution in [0.2, 0.25) is 0 Å². The van der Waals surface area contributed by atoms with Gasteiger partial charge >= 0.3 is 6.03 Å². The van der Waals surface area contributed by atoms with Crippen LogP contribution in [0, 0.1) is 0 Å². The predicted octanol–water partition coefficient (Wildman–Crippen LogP) is 4.71. The van der Waals surface area contributed by atoms with Crippen molar-refractivity contribution in [2.24, 2.45) is 0 Å². The first-order valence-electron chi connectivity index (χ1n) is 11.8. The van der Waals surface area contributed by atoms with E-state index in [1.807, 2.05) is 89.3 Å². The van der Waals surface area contributed by atoms with E-state index >= 15 is 0 Å². The topological polar surface area (TPSA) is 97.7 Å². The quantitative estimate of drug-likeness (QED) is 0.474. The number of ether oxygens (including phenoxy) is 2. The molecule has 0 fully saturated rings. The van der Waals surface area contributed by atoms with Gasteiger partial charge in [-0.2, -0.15) is 0 Å². The van der Waals surface area contributed by atoms with Gasteiger partial charge in [0.15, 0.2) is 0 Å². The molecule has 0 saturated carbocycles. The SMILES string of the molecule is COc1ccc(-c2cn(-c3ccc(OC)cc3)c(NC(=O)CN(C(=O)NC(C)(C)C)C(C)C)n2)cc1. The Kier molecular flexibility index (Phi) is 8.24. The molecule has 3 aromatic rings. The average molecular weight is 494 g/mol. The number of hydrogen-bond donors (Lipinski definition) is 2. The van der Waals surface area contributed by atoms with Crippen LogP contribution in [0.3, 0.4) is 0 Å². The second-order valence-electron chi connectivity index (χ2n) is 9.70. The van der Waals surface area contributed by atoms with E-state index in [1.165, 1.54) is 4.90 Å². The van der Waals surface area contributed by atoms with Gasteiger partial charge in [-0.1, -0.05) is 0 Å². The van der Waals surface area contributed by atoms with E-state index < -0.39 is 5.54 Å². The highest BCUT2D eigenvalue weighted by atomic mass is 16.5. The third kappa shape index (κ3) is 6.78. The molecule has 3 rings (SSSR count). The number of methoxy groups -OCH3 is 2. The highest BCUT2D eigenvalue weighted by Crippen LogP contribution is 2.27. The number of anilines is 1. The largest absolute Gasteiger partial charge is 0.497 e. The first-order valence-corrected chi connectivity index (χ1v) is 11.8. The standard InChI is InChI=1S/C27H35N5O4/c1-18(2)31(26(34)30-27(3,4)5)17-24(33)29-25-28-23(19-8-12-21(35-6)13-9-19)16-32(25)20-10-14-22(36-7)15-11-20/h8-16,18H,17H2,1-7H3,(H,30,34)(H,28,29,33). The van der Waals surface area contributed by atoms with Crippen molar-refractivity contribution >= 4 is 17.9 Å². The van der Waals surface area contributed by atoms with Gasteiger partial charge in [0.25, 0.3) is 0 Å². The van der Waals surface area contributed by atoms with Gasteiger partial charge in [-0.25, -0.2) is 9.78 Å². The van der Waals surface area contributed by atoms with Gasteiger partial charge in [-0.15, -0.1) is 0 Å². The number of carbonyl (C=O) groups is 2. The summed E-state index contributed by atoms with van der Waals surface area (Å²) in [5.74, 6) is 1.45. The summed E-state index contributed by atoms with van der Waals surface area (Å²) >= 11 is 0. The third-order valence-electron chi connectivity index (χ3n) is 5.37. The molecule has 0 radical (unpaired) electrons. The maximum Gasteiger partial charge on any atom is 0.318 e. The van der Waals surface area contributed by atoms with E-state index in [1.54, 1.807) is 18.8 Å². The van der Waals surface area contributed by atoms with E-state index in [4.69, 9.17) is 14.5 Å². The molecule has 1 aromatic heterocycles. The van der Waals surface area contributed by atoms with E-state index in [9.17, 15) is 9.59 Å². The molecular weight excluding hydrogens is 458 g/mol. The number of nitrogens with one attached hydrogen (secondary N) is 2. The predicted molar refractivity (Wildman–Crippen MR) is 141 cm³/mol. The normalized spacial score (nSPS) is 11.2. The number of amides is 3. The molecule has 9 heteroatoms. The lowest BCUT2D eigenvalue weighted by Gasteiger charge is -2.30. The molecule has 0 atom stereocenters. The summed E-state index contributed by atoms with van der Waals surface area (Å²) in [6.45, 7) is 9.32. The van der Waals surface area contributed by atoms with Crippen molar-refractivity contribution in [3.05, 3.63) is 54.7 Å². The van der Waals surface area contributed by atoms with Gasteiger partial charge in [-0.3, -0.25) is 14.7 Å². The molecule has 0 saturated heterocycles. The Morgan fingerprint density at radius 3 is 2.03 bits per heavy atom. The molecule has 0 spiro atoms. The average Bonchev–Trinajstić information content (AvgIpc) is 3.24. The van der Waals surface area contributed by atoms with Crippen molar-refractivity contribution < 1.29 is 19.1 Å². The smallest absolute Gasteiger partial charge is 0.318 e. The van der Waals surface area contributed by atoms with Crippen molar-refractivity contribution in [3.8, 4) is 28.4 Å². The number of aromatic nitrogens is 2. The molecule has 0 aliphatic heterocycles. The highest BCUT2D eigenvalue weighted by Gasteiger charge is 2.25. The lowest BCUT2D eigenvalue weighted by molar-refractivity contribution is -0.117. The van der Waals surface area contributed by atoms with Gasteiger partial charge < -0.3 is 19.7 Å². The van der Waals surface area contributed by atoms with E-state index in [0.717, 1.165) is 22.7 Å². The monoisotopic (exact) mass is 493 g/mol. The van der Waals surface area contributed by atoms with E-state index in [2.05, 4.69) is 10.6 Å². The summed E-state index contributed by atoms with van der Waals surface area (Å²) in [6.07, 6.45) is 1.85. The molecule has 9 nitrogen and oxygen atoms in total. The molecule has 1 heterocycles. The zero-order valence-corrected chi connectivity index (χ0v) is 22.0. The number of nitrogens with zero attached hydrogens (tertiary/aromatic N) is 3. The molecule has 2 N–H and O–H groups in total. The first kappa shape index (κ1) is 26.6. The van der Waals surface area contributed by atoms with Crippen LogP contribution in [0.1, 0.15) is 34.6 Å². The van der Waals surface area contributed by atoms with E-state index in [-0.39, 0.29) is 24.5 Å². The lowest BCUT2D eigenvalue weighted by atomic mass is 10.1. The van der Waals surface area contributed by atoms with Crippen LogP contribution < -0.4 is 20.1 Å². The van der Waals surface area contributed by atoms with Crippen LogP contribution in [-0.2, 0) is 4.79 Å². The number of rotatable bonds is 8. The summed E-state index contributed by atoms with van der Waals surface area (Å²) in [5.41, 5.74) is 1.92. The number of benzene rings is 2. The van der Waals surface area contributed by atoms with E-state index in [0.29, 0.717) is 11.6 Å². The Hall–Kier alpha value is -4.01. The summed E-state index contributed by atoms with van der Waals surface area (Å²) in [7, 11) is 3.22. The second kappa shape index (κ2) is 11.2. The third-order valence-corrected chi connectivity index (χ3v) is 5.37. The maximum atomic E-state index is 13.1. The molecule has 36 heavy (non-hydrogen) atoms. The number of hydrogen-bond acceptors (Lipinski definition) is 5. The Morgan fingerprint density at radius 1 is 0.972 bits per heavy atom. The molecule has 0 aliphatic carbocycles. The fourth-order valence-corrected chi connectivity index (χ4v) is 3.51. The molecular formula is C27H35N5O4. The highest BCUT2D eigenvalue weighted by molar-refractivity contribution is 5.93. The van der Waals surface area contributed by atoms with Crippen molar-refractivity contribution in [1.29, 1.82) is 0 Å². The van der Waals surface area contributed by atoms with Gasteiger partial charge in [0.1, 0.15) is 18.0 Å². The van der Waals surface area contributed by atoms with Crippen LogP contribution in [-0.4, -0.2) is 58.7 Å². The minimum absolute atomic E-state index is 0.118. The molecule has 3 amide bonds. The lowest BCUT2D eigenvalue weighted by Crippen LogP contribution is -2.52. The molecule has 0 aliphatic rings. The number of imidazole rings is 1. The van der Waals surface area contributed by atoms with Crippen LogP contribution in [0.15, 0.2) is 54.7 Å². The minimum atomic E-state index is -0.418. The Balaban J connectivity index is 1.91. The Labute approximate surface area is 212 Å². The Morgan fingerprint density at radius 2 is 1.53 bits per heavy atom. The zero-order valence-electron chi connectivity index (χ0n) is 22.0. The molecule has 2 aromatic carbocycles. The molecule has 192 valence electrons. The van der Waals surface area contributed by atoms with Gasteiger partial charge in [0, 0.05) is 29.0 Å². The fraction of sp³-hybridized carbons (Fsp3) is 0.370. The molecule has 0 unspecified atom stereocenters. The first-order chi connectivity index (χ1) is 17.0. The van der Waals surface area contributed by atoms with Gasteiger partial charge in [-0.05, 0) is 83.1 Å². The van der Waals surface area contributed by atoms with Crippen molar-refractivity contribution in [1.82, 2.24) is 19.8 Å². The van der Waals surface area contributed by atoms with Gasteiger partial charge in [0.05, 0.1) is 19.9 Å². The Bertz CT molecular complexity index is 1180. The van der Waals surface area contributed by atoms with Crippen LogP contribution in [0.5, 0.6) is 11.5 Å². The molecule has 0 bridgehead atoms. The van der Waals surface area contributed by atoms with Crippen molar-refractivity contribution in [2.45, 2.75) is 46.2 Å². The summed E-state index contributed by atoms with van der Waals surface area (Å²) in [4.78, 5) is 32.0. The van der Waals surface area contributed by atoms with Crippen molar-refractivity contribution in [2.75, 3.05) is 26.1 Å².